The van der Waals surface area contributed by atoms with Gasteiger partial charge >= 0.3 is 6.09 Å². The SMILES string of the molecule is Cc1ccc2c(NC[C@H](C)C#N)cccc2c1Oc1ncccc1-c1ccnc(N[C@H]2CCCN(C(=O)OC(C)(C)C)C2)n1. The van der Waals surface area contributed by atoms with Gasteiger partial charge in [0, 0.05) is 54.5 Å². The predicted octanol–water partition coefficient (Wildman–Crippen LogP) is 7.18. The second-order valence-electron chi connectivity index (χ2n) is 12.2. The maximum absolute atomic E-state index is 12.6. The zero-order valence-electron chi connectivity index (χ0n) is 25.9. The molecule has 2 aromatic heterocycles. The monoisotopic (exact) mass is 593 g/mol. The van der Waals surface area contributed by atoms with Crippen LogP contribution in [0, 0.1) is 24.2 Å². The first-order chi connectivity index (χ1) is 21.1. The average molecular weight is 594 g/mol. The van der Waals surface area contributed by atoms with Gasteiger partial charge in [0.2, 0.25) is 11.8 Å². The molecule has 10 heteroatoms. The van der Waals surface area contributed by atoms with Crippen LogP contribution in [0.4, 0.5) is 16.4 Å². The number of hydrogen-bond acceptors (Lipinski definition) is 9. The number of pyridine rings is 1. The van der Waals surface area contributed by atoms with Crippen molar-refractivity contribution in [3.8, 4) is 29.0 Å². The van der Waals surface area contributed by atoms with E-state index in [0.29, 0.717) is 42.9 Å². The van der Waals surface area contributed by atoms with Crippen molar-refractivity contribution in [2.45, 2.75) is 59.1 Å². The number of rotatable bonds is 8. The molecule has 0 spiro atoms. The number of aryl methyl sites for hydroxylation is 1. The molecule has 1 amide bonds. The highest BCUT2D eigenvalue weighted by Crippen LogP contribution is 2.38. The van der Waals surface area contributed by atoms with Gasteiger partial charge in [-0.3, -0.25) is 0 Å². The Morgan fingerprint density at radius 3 is 2.75 bits per heavy atom. The molecule has 0 radical (unpaired) electrons. The highest BCUT2D eigenvalue weighted by molar-refractivity contribution is 5.98. The number of nitrogens with zero attached hydrogens (tertiary/aromatic N) is 5. The van der Waals surface area contributed by atoms with Gasteiger partial charge in [-0.05, 0) is 77.3 Å². The van der Waals surface area contributed by atoms with Gasteiger partial charge in [0.25, 0.3) is 0 Å². The van der Waals surface area contributed by atoms with Crippen molar-refractivity contribution in [2.75, 3.05) is 30.3 Å². The molecule has 1 aliphatic heterocycles. The minimum atomic E-state index is -0.543. The smallest absolute Gasteiger partial charge is 0.410 e. The van der Waals surface area contributed by atoms with E-state index in [1.54, 1.807) is 17.3 Å². The van der Waals surface area contributed by atoms with Crippen LogP contribution in [-0.4, -0.2) is 57.2 Å². The van der Waals surface area contributed by atoms with Crippen LogP contribution in [0.2, 0.25) is 0 Å². The maximum atomic E-state index is 12.6. The van der Waals surface area contributed by atoms with Crippen molar-refractivity contribution >= 4 is 28.5 Å². The highest BCUT2D eigenvalue weighted by Gasteiger charge is 2.28. The van der Waals surface area contributed by atoms with E-state index >= 15 is 0 Å². The number of amides is 1. The van der Waals surface area contributed by atoms with Gasteiger partial charge in [-0.1, -0.05) is 24.3 Å². The molecule has 2 atom stereocenters. The van der Waals surface area contributed by atoms with E-state index in [0.717, 1.165) is 40.4 Å². The fourth-order valence-electron chi connectivity index (χ4n) is 5.15. The Kier molecular flexibility index (Phi) is 9.14. The van der Waals surface area contributed by atoms with Gasteiger partial charge < -0.3 is 25.0 Å². The van der Waals surface area contributed by atoms with Crippen molar-refractivity contribution in [3.05, 3.63) is 66.5 Å². The predicted molar refractivity (Wildman–Crippen MR) is 172 cm³/mol. The Bertz CT molecular complexity index is 1680. The van der Waals surface area contributed by atoms with Crippen LogP contribution >= 0.6 is 0 Å². The summed E-state index contributed by atoms with van der Waals surface area (Å²) in [6.07, 6.45) is 4.85. The zero-order chi connectivity index (χ0) is 31.3. The molecule has 2 aromatic carbocycles. The fourth-order valence-corrected chi connectivity index (χ4v) is 5.15. The normalized spacial score (nSPS) is 15.7. The second kappa shape index (κ2) is 13.2. The van der Waals surface area contributed by atoms with Crippen LogP contribution in [0.5, 0.6) is 11.6 Å². The summed E-state index contributed by atoms with van der Waals surface area (Å²) in [5.74, 6) is 1.49. The lowest BCUT2D eigenvalue weighted by Gasteiger charge is -2.34. The number of nitriles is 1. The zero-order valence-corrected chi connectivity index (χ0v) is 25.9. The lowest BCUT2D eigenvalue weighted by molar-refractivity contribution is 0.0206. The molecule has 0 unspecified atom stereocenters. The fraction of sp³-hybridized carbons (Fsp3) is 0.382. The number of hydrogen-bond donors (Lipinski definition) is 2. The molecule has 1 saturated heterocycles. The van der Waals surface area contributed by atoms with Crippen LogP contribution in [-0.2, 0) is 4.74 Å². The van der Waals surface area contributed by atoms with Gasteiger partial charge in [-0.15, -0.1) is 0 Å². The molecule has 0 saturated carbocycles. The van der Waals surface area contributed by atoms with E-state index in [1.807, 2.05) is 77.1 Å². The third-order valence-corrected chi connectivity index (χ3v) is 7.34. The summed E-state index contributed by atoms with van der Waals surface area (Å²) in [5, 5.41) is 18.0. The topological polar surface area (TPSA) is 125 Å². The van der Waals surface area contributed by atoms with E-state index in [-0.39, 0.29) is 18.1 Å². The highest BCUT2D eigenvalue weighted by atomic mass is 16.6. The lowest BCUT2D eigenvalue weighted by atomic mass is 10.0. The van der Waals surface area contributed by atoms with Crippen molar-refractivity contribution in [3.63, 3.8) is 0 Å². The molecule has 3 heterocycles. The molecule has 44 heavy (non-hydrogen) atoms. The summed E-state index contributed by atoms with van der Waals surface area (Å²) in [5.41, 5.74) is 2.75. The number of piperidine rings is 1. The van der Waals surface area contributed by atoms with E-state index in [1.165, 1.54) is 0 Å². The lowest BCUT2D eigenvalue weighted by Crippen LogP contribution is -2.47. The van der Waals surface area contributed by atoms with Gasteiger partial charge in [0.1, 0.15) is 11.4 Å². The number of carbonyl (C=O) groups is 1. The van der Waals surface area contributed by atoms with Gasteiger partial charge in [-0.2, -0.15) is 5.26 Å². The standard InChI is InChI=1S/C34H39N7O3/c1-22(19-35)20-38-28-12-6-10-26-25(28)14-13-23(2)30(26)43-31-27(11-7-16-36-31)29-15-17-37-32(40-29)39-24-9-8-18-41(21-24)33(42)44-34(3,4)5/h6-7,10-17,22,24,38H,8-9,18,20-21H2,1-5H3,(H,37,39,40)/t22-,24+/m1/s1. The summed E-state index contributed by atoms with van der Waals surface area (Å²) in [6.45, 7) is 11.2. The largest absolute Gasteiger partial charge is 0.444 e. The Morgan fingerprint density at radius 2 is 1.95 bits per heavy atom. The van der Waals surface area contributed by atoms with Crippen molar-refractivity contribution in [2.24, 2.45) is 5.92 Å². The van der Waals surface area contributed by atoms with Crippen LogP contribution in [0.15, 0.2) is 60.9 Å². The maximum Gasteiger partial charge on any atom is 0.410 e. The van der Waals surface area contributed by atoms with Crippen molar-refractivity contribution in [1.82, 2.24) is 19.9 Å². The second-order valence-corrected chi connectivity index (χ2v) is 12.2. The number of fused-ring (bicyclic) bond motifs is 1. The molecule has 228 valence electrons. The minimum Gasteiger partial charge on any atom is -0.444 e. The summed E-state index contributed by atoms with van der Waals surface area (Å²) in [4.78, 5) is 28.2. The Morgan fingerprint density at radius 1 is 1.11 bits per heavy atom. The number of nitrogens with one attached hydrogen (secondary N) is 2. The van der Waals surface area contributed by atoms with Gasteiger partial charge in [0.05, 0.1) is 23.2 Å². The summed E-state index contributed by atoms with van der Waals surface area (Å²) in [7, 11) is 0. The van der Waals surface area contributed by atoms with Crippen molar-refractivity contribution in [1.29, 1.82) is 5.26 Å². The summed E-state index contributed by atoms with van der Waals surface area (Å²) >= 11 is 0. The molecule has 0 bridgehead atoms. The molecule has 1 fully saturated rings. The number of aromatic nitrogens is 3. The Labute approximate surface area is 258 Å². The van der Waals surface area contributed by atoms with E-state index in [2.05, 4.69) is 32.7 Å². The number of likely N-dealkylation sites (tertiary alicyclic amines) is 1. The van der Waals surface area contributed by atoms with E-state index in [4.69, 9.17) is 14.5 Å². The molecule has 10 nitrogen and oxygen atoms in total. The summed E-state index contributed by atoms with van der Waals surface area (Å²) in [6, 6.07) is 18.0. The van der Waals surface area contributed by atoms with E-state index in [9.17, 15) is 10.1 Å². The third kappa shape index (κ3) is 7.35. The van der Waals surface area contributed by atoms with E-state index < -0.39 is 5.60 Å². The van der Waals surface area contributed by atoms with Crippen LogP contribution < -0.4 is 15.4 Å². The molecule has 2 N–H and O–H groups in total. The van der Waals surface area contributed by atoms with Crippen LogP contribution in [0.3, 0.4) is 0 Å². The summed E-state index contributed by atoms with van der Waals surface area (Å²) < 4.78 is 12.1. The first-order valence-corrected chi connectivity index (χ1v) is 15.0. The molecule has 0 aliphatic carbocycles. The average Bonchev–Trinajstić information content (AvgIpc) is 3.01. The Balaban J connectivity index is 1.38. The molecule has 4 aromatic rings. The van der Waals surface area contributed by atoms with Crippen LogP contribution in [0.25, 0.3) is 22.0 Å². The first-order valence-electron chi connectivity index (χ1n) is 15.0. The minimum absolute atomic E-state index is 0.00609. The first kappa shape index (κ1) is 30.5. The molecule has 5 rings (SSSR count). The van der Waals surface area contributed by atoms with Gasteiger partial charge in [-0.25, -0.2) is 19.7 Å². The van der Waals surface area contributed by atoms with Crippen LogP contribution in [0.1, 0.15) is 46.1 Å². The molecular formula is C34H39N7O3. The van der Waals surface area contributed by atoms with Gasteiger partial charge in [0.15, 0.2) is 0 Å². The molecule has 1 aliphatic rings. The number of benzene rings is 2. The number of carbonyl (C=O) groups excluding carboxylic acids is 1. The number of anilines is 2. The quantitative estimate of drug-likeness (QED) is 0.219. The number of ether oxygens (including phenoxy) is 2. The third-order valence-electron chi connectivity index (χ3n) is 7.34. The molecular weight excluding hydrogens is 554 g/mol. The Hall–Kier alpha value is -4.91. The van der Waals surface area contributed by atoms with Crippen molar-refractivity contribution < 1.29 is 14.3 Å².